The Labute approximate surface area is 158 Å². The third kappa shape index (κ3) is 3.93. The molecule has 26 heavy (non-hydrogen) atoms. The summed E-state index contributed by atoms with van der Waals surface area (Å²) in [7, 11) is 0. The van der Waals surface area contributed by atoms with Gasteiger partial charge in [0.15, 0.2) is 5.82 Å². The molecule has 0 bridgehead atoms. The first-order chi connectivity index (χ1) is 12.7. The zero-order chi connectivity index (χ0) is 17.9. The average molecular weight is 371 g/mol. The van der Waals surface area contributed by atoms with E-state index in [1.807, 2.05) is 36.4 Å². The number of halogens is 1. The summed E-state index contributed by atoms with van der Waals surface area (Å²) in [4.78, 5) is 19.4. The molecule has 6 heteroatoms. The molecule has 1 aromatic heterocycles. The number of hydrogen-bond donors (Lipinski definition) is 2. The molecule has 4 rings (SSSR count). The van der Waals surface area contributed by atoms with Gasteiger partial charge < -0.3 is 15.5 Å². The topological polar surface area (TPSA) is 57.3 Å². The molecule has 2 amide bonds. The molecule has 1 saturated carbocycles. The van der Waals surface area contributed by atoms with Crippen molar-refractivity contribution in [1.82, 2.24) is 10.3 Å². The Morgan fingerprint density at radius 1 is 1.15 bits per heavy atom. The predicted octanol–water partition coefficient (Wildman–Crippen LogP) is 4.61. The fourth-order valence-electron chi connectivity index (χ4n) is 3.55. The van der Waals surface area contributed by atoms with Crippen molar-refractivity contribution in [3.8, 4) is 0 Å². The molecular weight excluding hydrogens is 348 g/mol. The van der Waals surface area contributed by atoms with Crippen molar-refractivity contribution >= 4 is 29.1 Å². The van der Waals surface area contributed by atoms with Crippen LogP contribution in [0, 0.1) is 5.92 Å². The van der Waals surface area contributed by atoms with Crippen LogP contribution in [-0.2, 0) is 0 Å². The molecule has 1 aliphatic heterocycles. The first kappa shape index (κ1) is 17.2. The Hall–Kier alpha value is -2.27. The number of benzene rings is 1. The first-order valence-corrected chi connectivity index (χ1v) is 9.61. The molecule has 1 atom stereocenters. The van der Waals surface area contributed by atoms with E-state index in [9.17, 15) is 4.79 Å². The summed E-state index contributed by atoms with van der Waals surface area (Å²) in [6.07, 6.45) is 6.39. The van der Waals surface area contributed by atoms with E-state index in [2.05, 4.69) is 20.5 Å². The lowest BCUT2D eigenvalue weighted by molar-refractivity contribution is 0.247. The maximum atomic E-state index is 12.7. The number of urea groups is 1. The highest BCUT2D eigenvalue weighted by Gasteiger charge is 2.33. The molecule has 2 heterocycles. The molecule has 5 nitrogen and oxygen atoms in total. The number of anilines is 2. The average Bonchev–Trinajstić information content (AvgIpc) is 3.35. The molecule has 2 aliphatic rings. The molecular formula is C20H23ClN4O. The van der Waals surface area contributed by atoms with Crippen LogP contribution in [0.1, 0.15) is 37.3 Å². The minimum Gasteiger partial charge on any atom is -0.355 e. The van der Waals surface area contributed by atoms with Gasteiger partial charge in [0.25, 0.3) is 0 Å². The first-order valence-electron chi connectivity index (χ1n) is 9.23. The van der Waals surface area contributed by atoms with Crippen LogP contribution in [0.15, 0.2) is 42.6 Å². The largest absolute Gasteiger partial charge is 0.355 e. The Morgan fingerprint density at radius 2 is 1.88 bits per heavy atom. The second-order valence-corrected chi connectivity index (χ2v) is 7.47. The number of nitrogens with zero attached hydrogens (tertiary/aromatic N) is 2. The van der Waals surface area contributed by atoms with Gasteiger partial charge in [-0.2, -0.15) is 0 Å². The number of carbonyl (C=O) groups is 1. The number of hydrogen-bond acceptors (Lipinski definition) is 3. The molecule has 1 saturated heterocycles. The minimum atomic E-state index is -0.190. The van der Waals surface area contributed by atoms with E-state index in [4.69, 9.17) is 11.6 Å². The second kappa shape index (κ2) is 7.54. The van der Waals surface area contributed by atoms with Crippen LogP contribution in [0.3, 0.4) is 0 Å². The Bertz CT molecular complexity index is 770. The van der Waals surface area contributed by atoms with E-state index >= 15 is 0 Å². The maximum Gasteiger partial charge on any atom is 0.319 e. The van der Waals surface area contributed by atoms with Crippen LogP contribution in [-0.4, -0.2) is 24.1 Å². The lowest BCUT2D eigenvalue weighted by Gasteiger charge is -2.22. The summed E-state index contributed by atoms with van der Waals surface area (Å²) in [6, 6.07) is 11.3. The van der Waals surface area contributed by atoms with Gasteiger partial charge in [-0.05, 0) is 61.4 Å². The van der Waals surface area contributed by atoms with E-state index in [0.717, 1.165) is 43.0 Å². The van der Waals surface area contributed by atoms with E-state index < -0.39 is 0 Å². The number of pyridine rings is 1. The standard InChI is InChI=1S/C20H23ClN4O/c21-16-9-7-15(8-10-16)18(14-5-6-14)24-20(26)23-17-4-3-11-22-19(17)25-12-1-2-13-25/h3-4,7-11,14,18H,1-2,5-6,12-13H2,(H2,23,24,26). The van der Waals surface area contributed by atoms with Crippen molar-refractivity contribution in [3.63, 3.8) is 0 Å². The molecule has 0 radical (unpaired) electrons. The van der Waals surface area contributed by atoms with E-state index in [1.165, 1.54) is 12.8 Å². The quantitative estimate of drug-likeness (QED) is 0.808. The maximum absolute atomic E-state index is 12.7. The normalized spacial score (nSPS) is 17.8. The highest BCUT2D eigenvalue weighted by atomic mass is 35.5. The summed E-state index contributed by atoms with van der Waals surface area (Å²) in [6.45, 7) is 1.98. The van der Waals surface area contributed by atoms with Crippen molar-refractivity contribution in [2.75, 3.05) is 23.3 Å². The third-order valence-corrected chi connectivity index (χ3v) is 5.30. The highest BCUT2D eigenvalue weighted by molar-refractivity contribution is 6.30. The van der Waals surface area contributed by atoms with E-state index in [0.29, 0.717) is 10.9 Å². The van der Waals surface area contributed by atoms with Crippen molar-refractivity contribution in [2.45, 2.75) is 31.7 Å². The van der Waals surface area contributed by atoms with Crippen LogP contribution >= 0.6 is 11.6 Å². The van der Waals surface area contributed by atoms with Crippen LogP contribution in [0.5, 0.6) is 0 Å². The monoisotopic (exact) mass is 370 g/mol. The van der Waals surface area contributed by atoms with Crippen molar-refractivity contribution in [3.05, 3.63) is 53.2 Å². The summed E-state index contributed by atoms with van der Waals surface area (Å²) >= 11 is 5.99. The number of rotatable bonds is 5. The fourth-order valence-corrected chi connectivity index (χ4v) is 3.67. The molecule has 2 aromatic rings. The van der Waals surface area contributed by atoms with Gasteiger partial charge in [0.1, 0.15) is 0 Å². The van der Waals surface area contributed by atoms with Gasteiger partial charge in [-0.1, -0.05) is 23.7 Å². The number of amides is 2. The summed E-state index contributed by atoms with van der Waals surface area (Å²) < 4.78 is 0. The molecule has 1 aromatic carbocycles. The van der Waals surface area contributed by atoms with E-state index in [1.54, 1.807) is 6.20 Å². The fraction of sp³-hybridized carbons (Fsp3) is 0.400. The highest BCUT2D eigenvalue weighted by Crippen LogP contribution is 2.41. The van der Waals surface area contributed by atoms with Gasteiger partial charge >= 0.3 is 6.03 Å². The van der Waals surface area contributed by atoms with Gasteiger partial charge in [0.05, 0.1) is 11.7 Å². The molecule has 2 N–H and O–H groups in total. The Kier molecular flexibility index (Phi) is 4.98. The minimum absolute atomic E-state index is 0.0131. The van der Waals surface area contributed by atoms with E-state index in [-0.39, 0.29) is 12.1 Å². The lowest BCUT2D eigenvalue weighted by atomic mass is 10.0. The number of aromatic nitrogens is 1. The van der Waals surface area contributed by atoms with Gasteiger partial charge in [-0.3, -0.25) is 0 Å². The summed E-state index contributed by atoms with van der Waals surface area (Å²) in [5, 5.41) is 6.85. The van der Waals surface area contributed by atoms with Crippen LogP contribution in [0.4, 0.5) is 16.3 Å². The predicted molar refractivity (Wildman–Crippen MR) is 105 cm³/mol. The number of carbonyl (C=O) groups excluding carboxylic acids is 1. The van der Waals surface area contributed by atoms with Crippen molar-refractivity contribution < 1.29 is 4.79 Å². The lowest BCUT2D eigenvalue weighted by Crippen LogP contribution is -2.34. The SMILES string of the molecule is O=C(Nc1cccnc1N1CCCC1)NC(c1ccc(Cl)cc1)C1CC1. The van der Waals surface area contributed by atoms with Crippen LogP contribution in [0.2, 0.25) is 5.02 Å². The van der Waals surface area contributed by atoms with Gasteiger partial charge in [-0.25, -0.2) is 9.78 Å². The molecule has 2 fully saturated rings. The molecule has 136 valence electrons. The van der Waals surface area contributed by atoms with Crippen LogP contribution < -0.4 is 15.5 Å². The van der Waals surface area contributed by atoms with Crippen molar-refractivity contribution in [2.24, 2.45) is 5.92 Å². The molecule has 0 spiro atoms. The zero-order valence-corrected chi connectivity index (χ0v) is 15.4. The zero-order valence-electron chi connectivity index (χ0n) is 14.6. The molecule has 1 unspecified atom stereocenters. The van der Waals surface area contributed by atoms with Gasteiger partial charge in [-0.15, -0.1) is 0 Å². The van der Waals surface area contributed by atoms with Gasteiger partial charge in [0, 0.05) is 24.3 Å². The number of nitrogens with one attached hydrogen (secondary N) is 2. The Morgan fingerprint density at radius 3 is 2.58 bits per heavy atom. The summed E-state index contributed by atoms with van der Waals surface area (Å²) in [5.41, 5.74) is 1.86. The van der Waals surface area contributed by atoms with Crippen LogP contribution in [0.25, 0.3) is 0 Å². The van der Waals surface area contributed by atoms with Gasteiger partial charge in [0.2, 0.25) is 0 Å². The third-order valence-electron chi connectivity index (χ3n) is 5.05. The Balaban J connectivity index is 1.47. The summed E-state index contributed by atoms with van der Waals surface area (Å²) in [5.74, 6) is 1.35. The molecule has 1 aliphatic carbocycles. The smallest absolute Gasteiger partial charge is 0.319 e. The second-order valence-electron chi connectivity index (χ2n) is 7.03. The van der Waals surface area contributed by atoms with Crippen molar-refractivity contribution in [1.29, 1.82) is 0 Å².